The van der Waals surface area contributed by atoms with Gasteiger partial charge in [0.25, 0.3) is 5.91 Å². The van der Waals surface area contributed by atoms with Gasteiger partial charge in [-0.2, -0.15) is 0 Å². The summed E-state index contributed by atoms with van der Waals surface area (Å²) >= 11 is 0. The number of hydrogen-bond donors (Lipinski definition) is 2. The first-order valence-electron chi connectivity index (χ1n) is 9.74. The van der Waals surface area contributed by atoms with E-state index in [0.29, 0.717) is 30.6 Å². The highest BCUT2D eigenvalue weighted by Crippen LogP contribution is 2.19. The van der Waals surface area contributed by atoms with E-state index in [4.69, 9.17) is 4.74 Å². The number of nitrogens with zero attached hydrogens (tertiary/aromatic N) is 2. The van der Waals surface area contributed by atoms with Crippen LogP contribution in [0, 0.1) is 5.92 Å². The first-order valence-corrected chi connectivity index (χ1v) is 9.74. The molecular formula is C23H26N4O2. The lowest BCUT2D eigenvalue weighted by molar-refractivity contribution is 0.0951. The van der Waals surface area contributed by atoms with E-state index in [1.54, 1.807) is 0 Å². The van der Waals surface area contributed by atoms with Gasteiger partial charge in [-0.3, -0.25) is 4.79 Å². The van der Waals surface area contributed by atoms with Crippen molar-refractivity contribution in [2.45, 2.75) is 26.9 Å². The van der Waals surface area contributed by atoms with Gasteiger partial charge in [-0.25, -0.2) is 9.97 Å². The third-order valence-corrected chi connectivity index (χ3v) is 4.28. The third-order valence-electron chi connectivity index (χ3n) is 4.28. The van der Waals surface area contributed by atoms with Crippen LogP contribution in [-0.4, -0.2) is 22.4 Å². The summed E-state index contributed by atoms with van der Waals surface area (Å²) in [4.78, 5) is 20.5. The second-order valence-corrected chi connectivity index (χ2v) is 7.16. The van der Waals surface area contributed by atoms with Gasteiger partial charge in [0, 0.05) is 24.6 Å². The molecular weight excluding hydrogens is 364 g/mol. The number of carbonyl (C=O) groups excluding carboxylic acids is 1. The lowest BCUT2D eigenvalue weighted by atomic mass is 10.1. The predicted molar refractivity (Wildman–Crippen MR) is 114 cm³/mol. The maximum absolute atomic E-state index is 12.1. The summed E-state index contributed by atoms with van der Waals surface area (Å²) in [5.41, 5.74) is 2.41. The Kier molecular flexibility index (Phi) is 7.16. The molecule has 0 aliphatic heterocycles. The van der Waals surface area contributed by atoms with Gasteiger partial charge < -0.3 is 15.4 Å². The van der Waals surface area contributed by atoms with E-state index in [2.05, 4.69) is 34.4 Å². The van der Waals surface area contributed by atoms with Gasteiger partial charge in [0.05, 0.1) is 5.56 Å². The molecule has 0 bridgehead atoms. The minimum absolute atomic E-state index is 0.155. The highest BCUT2D eigenvalue weighted by Gasteiger charge is 2.07. The van der Waals surface area contributed by atoms with Crippen molar-refractivity contribution in [3.63, 3.8) is 0 Å². The predicted octanol–water partition coefficient (Wildman–Crippen LogP) is 4.58. The molecule has 0 saturated carbocycles. The van der Waals surface area contributed by atoms with Crippen molar-refractivity contribution in [1.29, 1.82) is 0 Å². The summed E-state index contributed by atoms with van der Waals surface area (Å²) in [6.07, 6.45) is 3.99. The van der Waals surface area contributed by atoms with Crippen LogP contribution in [0.15, 0.2) is 67.0 Å². The maximum atomic E-state index is 12.1. The SMILES string of the molecule is CC(C)CCNC(=O)c1cnc(Nc2ccc(OCc3ccccc3)cc2)nc1. The molecule has 3 aromatic rings. The van der Waals surface area contributed by atoms with Crippen molar-refractivity contribution in [2.24, 2.45) is 5.92 Å². The molecule has 6 heteroatoms. The molecule has 0 unspecified atom stereocenters. The van der Waals surface area contributed by atoms with Crippen LogP contribution >= 0.6 is 0 Å². The molecule has 1 aromatic heterocycles. The van der Waals surface area contributed by atoms with Crippen LogP contribution in [0.1, 0.15) is 36.2 Å². The lowest BCUT2D eigenvalue weighted by Crippen LogP contribution is -2.25. The van der Waals surface area contributed by atoms with Crippen molar-refractivity contribution >= 4 is 17.5 Å². The number of ether oxygens (including phenoxy) is 1. The zero-order chi connectivity index (χ0) is 20.5. The number of rotatable bonds is 9. The molecule has 0 atom stereocenters. The Labute approximate surface area is 171 Å². The normalized spacial score (nSPS) is 10.6. The molecule has 3 rings (SSSR count). The molecule has 1 heterocycles. The maximum Gasteiger partial charge on any atom is 0.254 e. The van der Waals surface area contributed by atoms with E-state index < -0.39 is 0 Å². The molecule has 29 heavy (non-hydrogen) atoms. The van der Waals surface area contributed by atoms with Crippen molar-refractivity contribution in [3.05, 3.63) is 78.1 Å². The fourth-order valence-electron chi connectivity index (χ4n) is 2.59. The third kappa shape index (κ3) is 6.60. The van der Waals surface area contributed by atoms with E-state index in [9.17, 15) is 4.79 Å². The van der Waals surface area contributed by atoms with Gasteiger partial charge in [-0.05, 0) is 42.2 Å². The average Bonchev–Trinajstić information content (AvgIpc) is 2.74. The monoisotopic (exact) mass is 390 g/mol. The summed E-state index contributed by atoms with van der Waals surface area (Å²) in [6.45, 7) is 5.42. The zero-order valence-electron chi connectivity index (χ0n) is 16.8. The smallest absolute Gasteiger partial charge is 0.254 e. The number of benzene rings is 2. The van der Waals surface area contributed by atoms with Gasteiger partial charge in [0.2, 0.25) is 5.95 Å². The zero-order valence-corrected chi connectivity index (χ0v) is 16.8. The largest absolute Gasteiger partial charge is 0.489 e. The van der Waals surface area contributed by atoms with Crippen molar-refractivity contribution in [3.8, 4) is 5.75 Å². The summed E-state index contributed by atoms with van der Waals surface area (Å²) < 4.78 is 5.78. The van der Waals surface area contributed by atoms with Crippen LogP contribution in [0.3, 0.4) is 0 Å². The molecule has 1 amide bonds. The van der Waals surface area contributed by atoms with Gasteiger partial charge in [0.15, 0.2) is 0 Å². The Bertz CT molecular complexity index is 894. The summed E-state index contributed by atoms with van der Waals surface area (Å²) in [5.74, 6) is 1.61. The number of aromatic nitrogens is 2. The number of nitrogens with one attached hydrogen (secondary N) is 2. The Morgan fingerprint density at radius 3 is 2.34 bits per heavy atom. The van der Waals surface area contributed by atoms with Crippen LogP contribution in [0.25, 0.3) is 0 Å². The fourth-order valence-corrected chi connectivity index (χ4v) is 2.59. The van der Waals surface area contributed by atoms with Gasteiger partial charge in [-0.1, -0.05) is 44.2 Å². The minimum Gasteiger partial charge on any atom is -0.489 e. The quantitative estimate of drug-likeness (QED) is 0.559. The van der Waals surface area contributed by atoms with E-state index in [0.717, 1.165) is 23.4 Å². The highest BCUT2D eigenvalue weighted by molar-refractivity contribution is 5.93. The number of anilines is 2. The Morgan fingerprint density at radius 2 is 1.69 bits per heavy atom. The van der Waals surface area contributed by atoms with E-state index in [1.165, 1.54) is 12.4 Å². The number of hydrogen-bond acceptors (Lipinski definition) is 5. The molecule has 2 N–H and O–H groups in total. The standard InChI is InChI=1S/C23H26N4O2/c1-17(2)12-13-24-22(28)19-14-25-23(26-15-19)27-20-8-10-21(11-9-20)29-16-18-6-4-3-5-7-18/h3-11,14-15,17H,12-13,16H2,1-2H3,(H,24,28)(H,25,26,27). The highest BCUT2D eigenvalue weighted by atomic mass is 16.5. The number of amides is 1. The molecule has 0 spiro atoms. The van der Waals surface area contributed by atoms with Crippen LogP contribution in [-0.2, 0) is 6.61 Å². The molecule has 150 valence electrons. The molecule has 2 aromatic carbocycles. The van der Waals surface area contributed by atoms with Gasteiger partial charge in [-0.15, -0.1) is 0 Å². The van der Waals surface area contributed by atoms with Gasteiger partial charge >= 0.3 is 0 Å². The lowest BCUT2D eigenvalue weighted by Gasteiger charge is -2.09. The molecule has 6 nitrogen and oxygen atoms in total. The topological polar surface area (TPSA) is 76.1 Å². The van der Waals surface area contributed by atoms with E-state index in [-0.39, 0.29) is 5.91 Å². The first-order chi connectivity index (χ1) is 14.1. The molecule has 0 radical (unpaired) electrons. The van der Waals surface area contributed by atoms with Crippen LogP contribution in [0.2, 0.25) is 0 Å². The van der Waals surface area contributed by atoms with Crippen molar-refractivity contribution < 1.29 is 9.53 Å². The van der Waals surface area contributed by atoms with Crippen LogP contribution < -0.4 is 15.4 Å². The van der Waals surface area contributed by atoms with E-state index >= 15 is 0 Å². The van der Waals surface area contributed by atoms with Crippen molar-refractivity contribution in [2.75, 3.05) is 11.9 Å². The van der Waals surface area contributed by atoms with Gasteiger partial charge in [0.1, 0.15) is 12.4 Å². The summed E-state index contributed by atoms with van der Waals surface area (Å²) in [7, 11) is 0. The average molecular weight is 390 g/mol. The molecule has 0 fully saturated rings. The summed E-state index contributed by atoms with van der Waals surface area (Å²) in [6, 6.07) is 17.6. The Morgan fingerprint density at radius 1 is 1.00 bits per heavy atom. The molecule has 0 aliphatic rings. The molecule has 0 saturated heterocycles. The second-order valence-electron chi connectivity index (χ2n) is 7.16. The summed E-state index contributed by atoms with van der Waals surface area (Å²) in [5, 5.41) is 6.00. The van der Waals surface area contributed by atoms with Crippen LogP contribution in [0.5, 0.6) is 5.75 Å². The van der Waals surface area contributed by atoms with Crippen molar-refractivity contribution in [1.82, 2.24) is 15.3 Å². The van der Waals surface area contributed by atoms with Crippen LogP contribution in [0.4, 0.5) is 11.6 Å². The Hall–Kier alpha value is -3.41. The van der Waals surface area contributed by atoms with E-state index in [1.807, 2.05) is 54.6 Å². The molecule has 0 aliphatic carbocycles. The number of carbonyl (C=O) groups is 1. The minimum atomic E-state index is -0.155. The Balaban J connectivity index is 1.50. The first kappa shape index (κ1) is 20.3. The second kappa shape index (κ2) is 10.2. The fraction of sp³-hybridized carbons (Fsp3) is 0.261.